The molecule has 3 aliphatic carbocycles. The molecule has 5 N–H and O–H groups in total. The third-order valence-corrected chi connectivity index (χ3v) is 9.87. The molecule has 3 saturated carbocycles. The molecule has 230 valence electrons. The van der Waals surface area contributed by atoms with E-state index in [0.717, 1.165) is 0 Å². The van der Waals surface area contributed by atoms with Crippen LogP contribution in [0, 0.1) is 11.3 Å². The van der Waals surface area contributed by atoms with Crippen LogP contribution in [0.5, 0.6) is 5.75 Å². The number of ether oxygens (including phenoxy) is 6. The van der Waals surface area contributed by atoms with Crippen molar-refractivity contribution in [1.82, 2.24) is 0 Å². The Morgan fingerprint density at radius 1 is 0.907 bits per heavy atom. The molecular formula is C30H32O13. The fourth-order valence-electron chi connectivity index (χ4n) is 7.70. The van der Waals surface area contributed by atoms with Crippen LogP contribution >= 0.6 is 0 Å². The second kappa shape index (κ2) is 9.68. The molecule has 0 aromatic heterocycles. The van der Waals surface area contributed by atoms with Crippen molar-refractivity contribution in [3.05, 3.63) is 65.7 Å². The van der Waals surface area contributed by atoms with Gasteiger partial charge in [0.15, 0.2) is 18.4 Å². The molecule has 43 heavy (non-hydrogen) atoms. The Hall–Kier alpha value is -3.14. The van der Waals surface area contributed by atoms with Gasteiger partial charge in [0.1, 0.15) is 54.6 Å². The molecule has 6 bridgehead atoms. The van der Waals surface area contributed by atoms with Gasteiger partial charge in [-0.1, -0.05) is 18.2 Å². The summed E-state index contributed by atoms with van der Waals surface area (Å²) >= 11 is 0. The average molecular weight is 601 g/mol. The maximum absolute atomic E-state index is 12.9. The SMILES string of the molecule is C[C@]12C[C@]3(O)OC(O1)[C@@]1(COC(=O)c4ccc(O)cc4)[C@@H]3C[C@@]21O[C@H]1O[C@@H](COC(=O)c2ccccc2)[C@H](O)[C@@H](O)[C@@H]1O. The van der Waals surface area contributed by atoms with Crippen LogP contribution in [0.2, 0.25) is 0 Å². The van der Waals surface area contributed by atoms with Crippen LogP contribution in [0.15, 0.2) is 54.6 Å². The van der Waals surface area contributed by atoms with Crippen LogP contribution in [0.4, 0.5) is 0 Å². The van der Waals surface area contributed by atoms with E-state index in [1.165, 1.54) is 24.3 Å². The number of phenolic OH excluding ortho intramolecular Hbond substituents is 1. The van der Waals surface area contributed by atoms with Crippen LogP contribution in [0.25, 0.3) is 0 Å². The van der Waals surface area contributed by atoms with Crippen molar-refractivity contribution in [2.45, 2.75) is 73.8 Å². The number of aliphatic hydroxyl groups is 4. The fraction of sp³-hybridized carbons (Fsp3) is 0.533. The maximum atomic E-state index is 12.9. The van der Waals surface area contributed by atoms with Gasteiger partial charge in [-0.25, -0.2) is 9.59 Å². The Labute approximate surface area is 245 Å². The number of rotatable bonds is 8. The predicted molar refractivity (Wildman–Crippen MR) is 140 cm³/mol. The average Bonchev–Trinajstić information content (AvgIpc) is 3.18. The minimum atomic E-state index is -1.71. The number of hydrogen-bond donors (Lipinski definition) is 5. The Morgan fingerprint density at radius 2 is 1.58 bits per heavy atom. The van der Waals surface area contributed by atoms with Crippen molar-refractivity contribution in [1.29, 1.82) is 0 Å². The molecular weight excluding hydrogens is 568 g/mol. The summed E-state index contributed by atoms with van der Waals surface area (Å²) in [6.07, 6.45) is -8.57. The Bertz CT molecular complexity index is 1420. The van der Waals surface area contributed by atoms with E-state index in [0.29, 0.717) is 0 Å². The molecule has 13 heteroatoms. The van der Waals surface area contributed by atoms with E-state index in [-0.39, 0.29) is 36.3 Å². The summed E-state index contributed by atoms with van der Waals surface area (Å²) in [6, 6.07) is 13.7. The minimum absolute atomic E-state index is 0.0149. The molecule has 7 aliphatic rings. The lowest BCUT2D eigenvalue weighted by atomic mass is 9.41. The van der Waals surface area contributed by atoms with E-state index in [4.69, 9.17) is 28.4 Å². The van der Waals surface area contributed by atoms with E-state index < -0.39 is 83.9 Å². The van der Waals surface area contributed by atoms with Crippen molar-refractivity contribution in [3.8, 4) is 5.75 Å². The Kier molecular flexibility index (Phi) is 6.44. The van der Waals surface area contributed by atoms with Gasteiger partial charge in [0.2, 0.25) is 0 Å². The van der Waals surface area contributed by atoms with E-state index in [2.05, 4.69) is 0 Å². The summed E-state index contributed by atoms with van der Waals surface area (Å²) in [5.41, 5.74) is -3.18. The highest BCUT2D eigenvalue weighted by Crippen LogP contribution is 2.81. The molecule has 1 unspecified atom stereocenters. The van der Waals surface area contributed by atoms with Gasteiger partial charge in [-0.15, -0.1) is 0 Å². The van der Waals surface area contributed by atoms with Gasteiger partial charge in [-0.05, 0) is 49.7 Å². The lowest BCUT2D eigenvalue weighted by molar-refractivity contribution is -0.424. The standard InChI is InChI=1S/C30H32O13/c1-27-13-29(37)19-11-30(27,28(19,26(42-27)43-29)14-39-24(36)16-7-9-17(31)10-8-16)41-25-22(34)21(33)20(32)18(40-25)12-38-23(35)15-5-3-2-4-6-15/h2-10,18-22,25-26,31-34,37H,11-14H2,1H3/t18-,19-,20-,21+,22-,25+,26?,27+,28+,29-,30+/m0/s1. The number of phenols is 1. The van der Waals surface area contributed by atoms with E-state index in [9.17, 15) is 35.1 Å². The molecule has 0 radical (unpaired) electrons. The third-order valence-electron chi connectivity index (χ3n) is 9.87. The first-order valence-electron chi connectivity index (χ1n) is 14.1. The Balaban J connectivity index is 1.12. The number of aromatic hydroxyl groups is 1. The zero-order valence-corrected chi connectivity index (χ0v) is 23.1. The summed E-state index contributed by atoms with van der Waals surface area (Å²) < 4.78 is 35.6. The van der Waals surface area contributed by atoms with Gasteiger partial charge in [-0.2, -0.15) is 0 Å². The summed E-state index contributed by atoms with van der Waals surface area (Å²) in [4.78, 5) is 25.4. The minimum Gasteiger partial charge on any atom is -0.508 e. The topological polar surface area (TPSA) is 191 Å². The van der Waals surface area contributed by atoms with Crippen LogP contribution < -0.4 is 0 Å². The lowest BCUT2D eigenvalue weighted by Gasteiger charge is -2.67. The maximum Gasteiger partial charge on any atom is 0.338 e. The van der Waals surface area contributed by atoms with Crippen LogP contribution in [0.1, 0.15) is 40.5 Å². The van der Waals surface area contributed by atoms with E-state index >= 15 is 0 Å². The normalized spacial score (nSPS) is 43.7. The molecule has 4 heterocycles. The zero-order chi connectivity index (χ0) is 30.4. The first kappa shape index (κ1) is 28.6. The van der Waals surface area contributed by atoms with Crippen molar-refractivity contribution in [2.24, 2.45) is 11.3 Å². The quantitative estimate of drug-likeness (QED) is 0.259. The number of carbonyl (C=O) groups is 2. The van der Waals surface area contributed by atoms with Crippen molar-refractivity contribution in [3.63, 3.8) is 0 Å². The second-order valence-corrected chi connectivity index (χ2v) is 12.2. The number of carbonyl (C=O) groups excluding carboxylic acids is 2. The third kappa shape index (κ3) is 3.93. The molecule has 4 aliphatic heterocycles. The largest absolute Gasteiger partial charge is 0.508 e. The van der Waals surface area contributed by atoms with Gasteiger partial charge >= 0.3 is 11.9 Å². The van der Waals surface area contributed by atoms with Crippen molar-refractivity contribution in [2.75, 3.05) is 13.2 Å². The smallest absolute Gasteiger partial charge is 0.338 e. The second-order valence-electron chi connectivity index (χ2n) is 12.2. The number of benzene rings is 2. The molecule has 9 rings (SSSR count). The fourth-order valence-corrected chi connectivity index (χ4v) is 7.70. The van der Waals surface area contributed by atoms with Crippen LogP contribution in [-0.4, -0.2) is 105 Å². The number of esters is 2. The molecule has 0 amide bonds. The van der Waals surface area contributed by atoms with Crippen LogP contribution in [0.3, 0.4) is 0 Å². The molecule has 2 aromatic carbocycles. The van der Waals surface area contributed by atoms with Gasteiger partial charge < -0.3 is 54.0 Å². The highest BCUT2D eigenvalue weighted by Gasteiger charge is 2.94. The van der Waals surface area contributed by atoms with Gasteiger partial charge in [-0.3, -0.25) is 0 Å². The molecule has 11 atom stereocenters. The van der Waals surface area contributed by atoms with E-state index in [1.54, 1.807) is 37.3 Å². The molecule has 2 aromatic rings. The molecule has 0 spiro atoms. The highest BCUT2D eigenvalue weighted by atomic mass is 16.8. The first-order chi connectivity index (χ1) is 20.4. The van der Waals surface area contributed by atoms with Gasteiger partial charge in [0, 0.05) is 12.3 Å². The zero-order valence-electron chi connectivity index (χ0n) is 23.1. The summed E-state index contributed by atoms with van der Waals surface area (Å²) in [6.45, 7) is 1.01. The summed E-state index contributed by atoms with van der Waals surface area (Å²) in [5, 5.41) is 53.2. The van der Waals surface area contributed by atoms with Crippen LogP contribution in [-0.2, 0) is 28.4 Å². The summed E-state index contributed by atoms with van der Waals surface area (Å²) in [7, 11) is 0. The predicted octanol–water partition coefficient (Wildman–Crippen LogP) is 0.213. The lowest BCUT2D eigenvalue weighted by Crippen LogP contribution is -2.80. The number of hydrogen-bond acceptors (Lipinski definition) is 13. The Morgan fingerprint density at radius 3 is 2.30 bits per heavy atom. The van der Waals surface area contributed by atoms with Gasteiger partial charge in [0.05, 0.1) is 16.5 Å². The van der Waals surface area contributed by atoms with E-state index in [1.807, 2.05) is 0 Å². The first-order valence-corrected chi connectivity index (χ1v) is 14.1. The van der Waals surface area contributed by atoms with Crippen molar-refractivity contribution >= 4 is 11.9 Å². The molecule has 4 saturated heterocycles. The number of aliphatic hydroxyl groups excluding tert-OH is 3. The monoisotopic (exact) mass is 600 g/mol. The highest BCUT2D eigenvalue weighted by molar-refractivity contribution is 5.90. The molecule has 13 nitrogen and oxygen atoms in total. The van der Waals surface area contributed by atoms with Crippen molar-refractivity contribution < 1.29 is 63.5 Å². The molecule has 7 fully saturated rings. The van der Waals surface area contributed by atoms with Gasteiger partial charge in [0.25, 0.3) is 0 Å². The summed E-state index contributed by atoms with van der Waals surface area (Å²) in [5.74, 6) is -3.46.